The summed E-state index contributed by atoms with van der Waals surface area (Å²) in [6.07, 6.45) is 1.82. The summed E-state index contributed by atoms with van der Waals surface area (Å²) in [6.45, 7) is 3.05. The summed E-state index contributed by atoms with van der Waals surface area (Å²) in [5, 5.41) is 3.14. The van der Waals surface area contributed by atoms with Gasteiger partial charge in [-0.15, -0.1) is 0 Å². The second-order valence-electron chi connectivity index (χ2n) is 4.10. The molecular weight excluding hydrogens is 252 g/mol. The Labute approximate surface area is 108 Å². The average Bonchev–Trinajstić information content (AvgIpc) is 2.28. The standard InChI is InChI=1S/C12H20N2O3S/c1-3-17-12-9-10(5-6-11(12)13)14-7-4-8-18(2,15)16/h5-6,9,14H,3-4,7-8,13H2,1-2H3. The molecule has 0 aliphatic heterocycles. The van der Waals surface area contributed by atoms with Crippen LogP contribution in [0.25, 0.3) is 0 Å². The fraction of sp³-hybridized carbons (Fsp3) is 0.500. The molecule has 0 bridgehead atoms. The lowest BCUT2D eigenvalue weighted by atomic mass is 10.2. The van der Waals surface area contributed by atoms with Crippen molar-refractivity contribution >= 4 is 21.2 Å². The summed E-state index contributed by atoms with van der Waals surface area (Å²) in [5.41, 5.74) is 7.23. The van der Waals surface area contributed by atoms with E-state index in [0.29, 0.717) is 31.0 Å². The van der Waals surface area contributed by atoms with Crippen LogP contribution in [-0.2, 0) is 9.84 Å². The number of benzene rings is 1. The van der Waals surface area contributed by atoms with Gasteiger partial charge in [0, 0.05) is 24.6 Å². The number of nitrogens with two attached hydrogens (primary N) is 1. The fourth-order valence-corrected chi connectivity index (χ4v) is 2.16. The van der Waals surface area contributed by atoms with Crippen LogP contribution in [0.4, 0.5) is 11.4 Å². The van der Waals surface area contributed by atoms with Crippen LogP contribution >= 0.6 is 0 Å². The molecule has 0 atom stereocenters. The number of sulfone groups is 1. The normalized spacial score (nSPS) is 11.2. The summed E-state index contributed by atoms with van der Waals surface area (Å²) >= 11 is 0. The molecule has 1 rings (SSSR count). The van der Waals surface area contributed by atoms with Crippen molar-refractivity contribution in [1.29, 1.82) is 0 Å². The summed E-state index contributed by atoms with van der Waals surface area (Å²) in [4.78, 5) is 0. The smallest absolute Gasteiger partial charge is 0.147 e. The molecule has 0 radical (unpaired) electrons. The number of ether oxygens (including phenoxy) is 1. The number of anilines is 2. The number of rotatable bonds is 7. The van der Waals surface area contributed by atoms with E-state index < -0.39 is 9.84 Å². The van der Waals surface area contributed by atoms with Crippen LogP contribution < -0.4 is 15.8 Å². The van der Waals surface area contributed by atoms with Crippen molar-refractivity contribution in [1.82, 2.24) is 0 Å². The monoisotopic (exact) mass is 272 g/mol. The van der Waals surface area contributed by atoms with E-state index in [9.17, 15) is 8.42 Å². The van der Waals surface area contributed by atoms with E-state index in [1.165, 1.54) is 6.26 Å². The Morgan fingerprint density at radius 3 is 2.72 bits per heavy atom. The van der Waals surface area contributed by atoms with Crippen molar-refractivity contribution in [2.75, 3.05) is 36.2 Å². The highest BCUT2D eigenvalue weighted by Gasteiger charge is 2.03. The van der Waals surface area contributed by atoms with E-state index in [2.05, 4.69) is 5.32 Å². The molecule has 102 valence electrons. The third-order valence-corrected chi connectivity index (χ3v) is 3.36. The summed E-state index contributed by atoms with van der Waals surface area (Å²) in [6, 6.07) is 5.43. The van der Waals surface area contributed by atoms with Gasteiger partial charge in [0.2, 0.25) is 0 Å². The van der Waals surface area contributed by atoms with Gasteiger partial charge >= 0.3 is 0 Å². The van der Waals surface area contributed by atoms with Crippen LogP contribution in [0.1, 0.15) is 13.3 Å². The van der Waals surface area contributed by atoms with Crippen LogP contribution in [0.2, 0.25) is 0 Å². The largest absolute Gasteiger partial charge is 0.492 e. The van der Waals surface area contributed by atoms with E-state index in [1.807, 2.05) is 19.1 Å². The number of nitrogen functional groups attached to an aromatic ring is 1. The van der Waals surface area contributed by atoms with Crippen LogP contribution in [0.15, 0.2) is 18.2 Å². The summed E-state index contributed by atoms with van der Waals surface area (Å²) in [7, 11) is -2.89. The number of hydrogen-bond donors (Lipinski definition) is 2. The van der Waals surface area contributed by atoms with Crippen LogP contribution in [0, 0.1) is 0 Å². The van der Waals surface area contributed by atoms with E-state index >= 15 is 0 Å². The lowest BCUT2D eigenvalue weighted by Crippen LogP contribution is -2.10. The maximum atomic E-state index is 11.0. The topological polar surface area (TPSA) is 81.4 Å². The molecule has 0 saturated carbocycles. The van der Waals surface area contributed by atoms with Gasteiger partial charge in [-0.3, -0.25) is 0 Å². The Morgan fingerprint density at radius 2 is 2.11 bits per heavy atom. The molecule has 5 nitrogen and oxygen atoms in total. The Morgan fingerprint density at radius 1 is 1.39 bits per heavy atom. The molecule has 18 heavy (non-hydrogen) atoms. The van der Waals surface area contributed by atoms with Crippen LogP contribution in [0.5, 0.6) is 5.75 Å². The van der Waals surface area contributed by atoms with Gasteiger partial charge < -0.3 is 15.8 Å². The van der Waals surface area contributed by atoms with Gasteiger partial charge in [-0.25, -0.2) is 8.42 Å². The maximum Gasteiger partial charge on any atom is 0.147 e. The molecule has 0 aliphatic rings. The molecular formula is C12H20N2O3S. The van der Waals surface area contributed by atoms with Gasteiger partial charge in [-0.1, -0.05) is 0 Å². The van der Waals surface area contributed by atoms with Gasteiger partial charge in [0.15, 0.2) is 0 Å². The number of hydrogen-bond acceptors (Lipinski definition) is 5. The van der Waals surface area contributed by atoms with Crippen molar-refractivity contribution in [3.05, 3.63) is 18.2 Å². The van der Waals surface area contributed by atoms with Gasteiger partial charge in [0.1, 0.15) is 15.6 Å². The first-order valence-electron chi connectivity index (χ1n) is 5.86. The van der Waals surface area contributed by atoms with Crippen molar-refractivity contribution in [3.63, 3.8) is 0 Å². The molecule has 0 spiro atoms. The van der Waals surface area contributed by atoms with E-state index in [4.69, 9.17) is 10.5 Å². The first-order chi connectivity index (χ1) is 8.42. The molecule has 0 amide bonds. The molecule has 0 aliphatic carbocycles. The Bertz CT molecular complexity index is 486. The lowest BCUT2D eigenvalue weighted by molar-refractivity contribution is 0.342. The SMILES string of the molecule is CCOc1cc(NCCCS(C)(=O)=O)ccc1N. The van der Waals surface area contributed by atoms with Gasteiger partial charge in [-0.2, -0.15) is 0 Å². The number of nitrogens with one attached hydrogen (secondary N) is 1. The molecule has 0 saturated heterocycles. The minimum atomic E-state index is -2.89. The third kappa shape index (κ3) is 5.27. The Balaban J connectivity index is 2.50. The predicted molar refractivity (Wildman–Crippen MR) is 74.8 cm³/mol. The summed E-state index contributed by atoms with van der Waals surface area (Å²) in [5.74, 6) is 0.832. The zero-order valence-corrected chi connectivity index (χ0v) is 11.6. The van der Waals surface area contributed by atoms with Crippen molar-refractivity contribution in [2.45, 2.75) is 13.3 Å². The molecule has 0 fully saturated rings. The highest BCUT2D eigenvalue weighted by atomic mass is 32.2. The van der Waals surface area contributed by atoms with E-state index in [0.717, 1.165) is 5.69 Å². The third-order valence-electron chi connectivity index (χ3n) is 2.33. The van der Waals surface area contributed by atoms with Crippen molar-refractivity contribution in [2.24, 2.45) is 0 Å². The molecule has 6 heteroatoms. The summed E-state index contributed by atoms with van der Waals surface area (Å²) < 4.78 is 27.3. The lowest BCUT2D eigenvalue weighted by Gasteiger charge is -2.10. The van der Waals surface area contributed by atoms with E-state index in [1.54, 1.807) is 6.07 Å². The van der Waals surface area contributed by atoms with Crippen LogP contribution in [0.3, 0.4) is 0 Å². The van der Waals surface area contributed by atoms with Gasteiger partial charge in [0.25, 0.3) is 0 Å². The zero-order valence-electron chi connectivity index (χ0n) is 10.8. The van der Waals surface area contributed by atoms with Crippen molar-refractivity contribution < 1.29 is 13.2 Å². The predicted octanol–water partition coefficient (Wildman–Crippen LogP) is 1.51. The second-order valence-corrected chi connectivity index (χ2v) is 6.36. The molecule has 0 unspecified atom stereocenters. The zero-order chi connectivity index (χ0) is 13.6. The molecule has 0 heterocycles. The first-order valence-corrected chi connectivity index (χ1v) is 7.92. The highest BCUT2D eigenvalue weighted by Crippen LogP contribution is 2.25. The minimum absolute atomic E-state index is 0.188. The highest BCUT2D eigenvalue weighted by molar-refractivity contribution is 7.90. The fourth-order valence-electron chi connectivity index (χ4n) is 1.49. The molecule has 0 aromatic heterocycles. The first kappa shape index (κ1) is 14.6. The molecule has 1 aromatic rings. The molecule has 3 N–H and O–H groups in total. The second kappa shape index (κ2) is 6.49. The van der Waals surface area contributed by atoms with Crippen LogP contribution in [-0.4, -0.2) is 33.6 Å². The van der Waals surface area contributed by atoms with Gasteiger partial charge in [-0.05, 0) is 25.5 Å². The maximum absolute atomic E-state index is 11.0. The molecule has 1 aromatic carbocycles. The van der Waals surface area contributed by atoms with E-state index in [-0.39, 0.29) is 5.75 Å². The quantitative estimate of drug-likeness (QED) is 0.581. The van der Waals surface area contributed by atoms with Crippen molar-refractivity contribution in [3.8, 4) is 5.75 Å². The minimum Gasteiger partial charge on any atom is -0.492 e. The Hall–Kier alpha value is -1.43. The average molecular weight is 272 g/mol. The Kier molecular flexibility index (Phi) is 5.27. The van der Waals surface area contributed by atoms with Gasteiger partial charge in [0.05, 0.1) is 18.0 Å².